The third-order valence-corrected chi connectivity index (χ3v) is 5.22. The van der Waals surface area contributed by atoms with Gasteiger partial charge in [0.2, 0.25) is 0 Å². The molecule has 0 spiro atoms. The van der Waals surface area contributed by atoms with E-state index >= 15 is 0 Å². The van der Waals surface area contributed by atoms with Gasteiger partial charge in [0.25, 0.3) is 0 Å². The van der Waals surface area contributed by atoms with Gasteiger partial charge >= 0.3 is 0 Å². The second-order valence-electron chi connectivity index (χ2n) is 5.76. The van der Waals surface area contributed by atoms with E-state index in [1.807, 2.05) is 11.3 Å². The van der Waals surface area contributed by atoms with Gasteiger partial charge in [-0.1, -0.05) is 19.8 Å². The highest BCUT2D eigenvalue weighted by Crippen LogP contribution is 2.44. The van der Waals surface area contributed by atoms with Crippen molar-refractivity contribution in [2.24, 2.45) is 0 Å². The Morgan fingerprint density at radius 2 is 1.95 bits per heavy atom. The normalized spacial score (nSPS) is 20.6. The van der Waals surface area contributed by atoms with Crippen molar-refractivity contribution in [3.8, 4) is 0 Å². The average molecular weight is 279 g/mol. The summed E-state index contributed by atoms with van der Waals surface area (Å²) in [5.74, 6) is 0.769. The van der Waals surface area contributed by atoms with E-state index in [0.29, 0.717) is 0 Å². The lowest BCUT2D eigenvalue weighted by atomic mass is 10.2. The number of rotatable bonds is 5. The predicted octanol–water partition coefficient (Wildman–Crippen LogP) is 3.51. The molecular formula is C15H25N3S. The SMILES string of the molecule is CCNCc1sc(N2CCCCCC2)nc1C1CC1. The van der Waals surface area contributed by atoms with Crippen LogP contribution in [0.2, 0.25) is 0 Å². The zero-order chi connectivity index (χ0) is 13.1. The molecule has 2 aliphatic rings. The van der Waals surface area contributed by atoms with Crippen molar-refractivity contribution < 1.29 is 0 Å². The smallest absolute Gasteiger partial charge is 0.185 e. The van der Waals surface area contributed by atoms with E-state index in [0.717, 1.165) is 19.0 Å². The minimum absolute atomic E-state index is 0.769. The van der Waals surface area contributed by atoms with E-state index in [1.54, 1.807) is 0 Å². The van der Waals surface area contributed by atoms with Gasteiger partial charge in [0.05, 0.1) is 5.69 Å². The lowest BCUT2D eigenvalue weighted by Crippen LogP contribution is -2.23. The van der Waals surface area contributed by atoms with Crippen LogP contribution in [0.25, 0.3) is 0 Å². The molecule has 0 bridgehead atoms. The van der Waals surface area contributed by atoms with E-state index in [1.165, 1.54) is 67.3 Å². The van der Waals surface area contributed by atoms with Gasteiger partial charge in [-0.25, -0.2) is 4.98 Å². The van der Waals surface area contributed by atoms with Crippen LogP contribution in [0.4, 0.5) is 5.13 Å². The zero-order valence-corrected chi connectivity index (χ0v) is 12.8. The van der Waals surface area contributed by atoms with Crippen LogP contribution in [0.5, 0.6) is 0 Å². The zero-order valence-electron chi connectivity index (χ0n) is 12.0. The summed E-state index contributed by atoms with van der Waals surface area (Å²) in [6, 6.07) is 0. The van der Waals surface area contributed by atoms with Gasteiger partial charge in [-0.2, -0.15) is 0 Å². The van der Waals surface area contributed by atoms with Crippen LogP contribution in [-0.2, 0) is 6.54 Å². The molecule has 1 saturated heterocycles. The summed E-state index contributed by atoms with van der Waals surface area (Å²) >= 11 is 1.94. The summed E-state index contributed by atoms with van der Waals surface area (Å²) in [4.78, 5) is 9.01. The lowest BCUT2D eigenvalue weighted by molar-refractivity contribution is 0.726. The topological polar surface area (TPSA) is 28.2 Å². The van der Waals surface area contributed by atoms with Gasteiger partial charge in [0.15, 0.2) is 5.13 Å². The van der Waals surface area contributed by atoms with E-state index < -0.39 is 0 Å². The van der Waals surface area contributed by atoms with Crippen LogP contribution < -0.4 is 10.2 Å². The molecular weight excluding hydrogens is 254 g/mol. The maximum atomic E-state index is 4.99. The number of nitrogens with one attached hydrogen (secondary N) is 1. The highest BCUT2D eigenvalue weighted by atomic mass is 32.1. The molecule has 3 rings (SSSR count). The number of anilines is 1. The Balaban J connectivity index is 1.76. The number of nitrogens with zero attached hydrogens (tertiary/aromatic N) is 2. The second-order valence-corrected chi connectivity index (χ2v) is 6.82. The third kappa shape index (κ3) is 3.29. The summed E-state index contributed by atoms with van der Waals surface area (Å²) in [6.45, 7) is 6.64. The highest BCUT2D eigenvalue weighted by molar-refractivity contribution is 7.15. The van der Waals surface area contributed by atoms with Gasteiger partial charge < -0.3 is 10.2 Å². The Labute approximate surface area is 120 Å². The molecule has 0 radical (unpaired) electrons. The van der Waals surface area contributed by atoms with Crippen molar-refractivity contribution in [2.45, 2.75) is 57.9 Å². The fourth-order valence-corrected chi connectivity index (χ4v) is 3.96. The first-order valence-corrected chi connectivity index (χ1v) is 8.65. The van der Waals surface area contributed by atoms with Gasteiger partial charge in [-0.15, -0.1) is 11.3 Å². The van der Waals surface area contributed by atoms with Crippen molar-refractivity contribution in [3.63, 3.8) is 0 Å². The Morgan fingerprint density at radius 1 is 1.21 bits per heavy atom. The van der Waals surface area contributed by atoms with Crippen LogP contribution in [0.15, 0.2) is 0 Å². The van der Waals surface area contributed by atoms with Gasteiger partial charge in [0.1, 0.15) is 0 Å². The molecule has 4 heteroatoms. The number of thiazole rings is 1. The minimum Gasteiger partial charge on any atom is -0.348 e. The van der Waals surface area contributed by atoms with Gasteiger partial charge in [-0.3, -0.25) is 0 Å². The van der Waals surface area contributed by atoms with Crippen molar-refractivity contribution in [2.75, 3.05) is 24.5 Å². The second kappa shape index (κ2) is 6.23. The average Bonchev–Trinajstić information content (AvgIpc) is 3.22. The maximum absolute atomic E-state index is 4.99. The summed E-state index contributed by atoms with van der Waals surface area (Å²) in [5, 5.41) is 4.76. The van der Waals surface area contributed by atoms with Gasteiger partial charge in [0, 0.05) is 30.4 Å². The summed E-state index contributed by atoms with van der Waals surface area (Å²) < 4.78 is 0. The van der Waals surface area contributed by atoms with E-state index in [2.05, 4.69) is 17.1 Å². The highest BCUT2D eigenvalue weighted by Gasteiger charge is 2.30. The first-order chi connectivity index (χ1) is 9.38. The molecule has 2 fully saturated rings. The van der Waals surface area contributed by atoms with Crippen LogP contribution in [0.1, 0.15) is 61.9 Å². The van der Waals surface area contributed by atoms with Crippen LogP contribution in [-0.4, -0.2) is 24.6 Å². The quantitative estimate of drug-likeness (QED) is 0.894. The molecule has 0 atom stereocenters. The Morgan fingerprint density at radius 3 is 2.58 bits per heavy atom. The largest absolute Gasteiger partial charge is 0.348 e. The molecule has 0 aromatic carbocycles. The molecule has 1 aliphatic heterocycles. The molecule has 1 aliphatic carbocycles. The van der Waals surface area contributed by atoms with E-state index in [-0.39, 0.29) is 0 Å². The van der Waals surface area contributed by atoms with Gasteiger partial charge in [-0.05, 0) is 32.2 Å². The fraction of sp³-hybridized carbons (Fsp3) is 0.800. The molecule has 106 valence electrons. The molecule has 0 unspecified atom stereocenters. The van der Waals surface area contributed by atoms with Crippen molar-refractivity contribution in [3.05, 3.63) is 10.6 Å². The standard InChI is InChI=1S/C15H25N3S/c1-2-16-11-13-14(12-7-8-12)17-15(19-13)18-9-5-3-4-6-10-18/h12,16H,2-11H2,1H3. The van der Waals surface area contributed by atoms with Crippen LogP contribution >= 0.6 is 11.3 Å². The minimum atomic E-state index is 0.769. The fourth-order valence-electron chi connectivity index (χ4n) is 2.79. The predicted molar refractivity (Wildman–Crippen MR) is 82.2 cm³/mol. The molecule has 1 aromatic rings. The van der Waals surface area contributed by atoms with Crippen molar-refractivity contribution in [1.82, 2.24) is 10.3 Å². The number of hydrogen-bond donors (Lipinski definition) is 1. The molecule has 1 aromatic heterocycles. The van der Waals surface area contributed by atoms with Crippen molar-refractivity contribution in [1.29, 1.82) is 0 Å². The molecule has 19 heavy (non-hydrogen) atoms. The molecule has 2 heterocycles. The Bertz CT molecular complexity index is 404. The number of aromatic nitrogens is 1. The van der Waals surface area contributed by atoms with E-state index in [9.17, 15) is 0 Å². The van der Waals surface area contributed by atoms with E-state index in [4.69, 9.17) is 4.98 Å². The van der Waals surface area contributed by atoms with Crippen LogP contribution in [0, 0.1) is 0 Å². The molecule has 1 N–H and O–H groups in total. The molecule has 0 amide bonds. The summed E-state index contributed by atoms with van der Waals surface area (Å²) in [7, 11) is 0. The first kappa shape index (κ1) is 13.4. The summed E-state index contributed by atoms with van der Waals surface area (Å²) in [5.41, 5.74) is 1.41. The Hall–Kier alpha value is -0.610. The monoisotopic (exact) mass is 279 g/mol. The third-order valence-electron chi connectivity index (χ3n) is 4.09. The molecule has 3 nitrogen and oxygen atoms in total. The number of hydrogen-bond acceptors (Lipinski definition) is 4. The van der Waals surface area contributed by atoms with Crippen LogP contribution in [0.3, 0.4) is 0 Å². The van der Waals surface area contributed by atoms with Crippen molar-refractivity contribution >= 4 is 16.5 Å². The lowest BCUT2D eigenvalue weighted by Gasteiger charge is -2.18. The summed E-state index contributed by atoms with van der Waals surface area (Å²) in [6.07, 6.45) is 8.15. The first-order valence-electron chi connectivity index (χ1n) is 7.83. The molecule has 1 saturated carbocycles. The maximum Gasteiger partial charge on any atom is 0.185 e. The Kier molecular flexibility index (Phi) is 4.38.